The van der Waals surface area contributed by atoms with E-state index in [4.69, 9.17) is 9.47 Å². The van der Waals surface area contributed by atoms with E-state index < -0.39 is 24.1 Å². The SMILES string of the molecule is CC(=O)O[C@@H]1[C@@H](C)CC2=C(C(=O)c3ccccc3C2=O)[C@@H]1OC(C)=O. The fraction of sp³-hybridized carbons (Fsp3) is 0.368. The highest BCUT2D eigenvalue weighted by atomic mass is 16.6. The third-order valence-electron chi connectivity index (χ3n) is 4.52. The summed E-state index contributed by atoms with van der Waals surface area (Å²) < 4.78 is 10.7. The van der Waals surface area contributed by atoms with E-state index in [0.29, 0.717) is 11.1 Å². The topological polar surface area (TPSA) is 86.7 Å². The third kappa shape index (κ3) is 2.88. The summed E-state index contributed by atoms with van der Waals surface area (Å²) in [6.45, 7) is 4.27. The van der Waals surface area contributed by atoms with Crippen LogP contribution in [0.4, 0.5) is 0 Å². The van der Waals surface area contributed by atoms with Gasteiger partial charge in [-0.3, -0.25) is 19.2 Å². The number of esters is 2. The van der Waals surface area contributed by atoms with Crippen molar-refractivity contribution in [3.63, 3.8) is 0 Å². The number of hydrogen-bond donors (Lipinski definition) is 0. The van der Waals surface area contributed by atoms with Gasteiger partial charge in [0.05, 0.1) is 5.57 Å². The Morgan fingerprint density at radius 2 is 1.52 bits per heavy atom. The first-order valence-electron chi connectivity index (χ1n) is 8.07. The Morgan fingerprint density at radius 1 is 0.960 bits per heavy atom. The van der Waals surface area contributed by atoms with Crippen LogP contribution in [0.1, 0.15) is 47.9 Å². The molecule has 130 valence electrons. The smallest absolute Gasteiger partial charge is 0.303 e. The van der Waals surface area contributed by atoms with Gasteiger partial charge >= 0.3 is 11.9 Å². The Kier molecular flexibility index (Phi) is 4.29. The molecule has 0 N–H and O–H groups in total. The molecule has 25 heavy (non-hydrogen) atoms. The van der Waals surface area contributed by atoms with Gasteiger partial charge < -0.3 is 9.47 Å². The van der Waals surface area contributed by atoms with Gasteiger partial charge in [0.25, 0.3) is 0 Å². The lowest BCUT2D eigenvalue weighted by atomic mass is 9.71. The van der Waals surface area contributed by atoms with Gasteiger partial charge in [-0.1, -0.05) is 31.2 Å². The molecule has 2 aliphatic carbocycles. The lowest BCUT2D eigenvalue weighted by Gasteiger charge is -2.38. The molecule has 0 saturated carbocycles. The maximum atomic E-state index is 13.0. The van der Waals surface area contributed by atoms with Gasteiger partial charge in [0.1, 0.15) is 6.10 Å². The number of ketones is 2. The molecule has 0 fully saturated rings. The van der Waals surface area contributed by atoms with Crippen molar-refractivity contribution in [2.45, 2.75) is 39.4 Å². The number of ether oxygens (including phenoxy) is 2. The van der Waals surface area contributed by atoms with Gasteiger partial charge in [-0.15, -0.1) is 0 Å². The highest BCUT2D eigenvalue weighted by Crippen LogP contribution is 2.40. The molecule has 0 amide bonds. The summed E-state index contributed by atoms with van der Waals surface area (Å²) in [5.41, 5.74) is 1.10. The maximum absolute atomic E-state index is 13.0. The van der Waals surface area contributed by atoms with Gasteiger partial charge in [-0.25, -0.2) is 0 Å². The minimum absolute atomic E-state index is 0.128. The summed E-state index contributed by atoms with van der Waals surface area (Å²) in [4.78, 5) is 48.9. The normalized spacial score (nSPS) is 25.2. The van der Waals surface area contributed by atoms with Crippen molar-refractivity contribution < 1.29 is 28.7 Å². The van der Waals surface area contributed by atoms with Gasteiger partial charge in [-0.05, 0) is 6.42 Å². The monoisotopic (exact) mass is 342 g/mol. The van der Waals surface area contributed by atoms with Gasteiger partial charge in [0.15, 0.2) is 17.7 Å². The third-order valence-corrected chi connectivity index (χ3v) is 4.52. The second-order valence-electron chi connectivity index (χ2n) is 6.38. The van der Waals surface area contributed by atoms with Gasteiger partial charge in [0, 0.05) is 36.5 Å². The molecule has 0 aliphatic heterocycles. The summed E-state index contributed by atoms with van der Waals surface area (Å²) >= 11 is 0. The molecule has 0 bridgehead atoms. The highest BCUT2D eigenvalue weighted by Gasteiger charge is 2.47. The lowest BCUT2D eigenvalue weighted by molar-refractivity contribution is -0.166. The van der Waals surface area contributed by atoms with Crippen molar-refractivity contribution in [2.75, 3.05) is 0 Å². The van der Waals surface area contributed by atoms with Crippen LogP contribution in [0.2, 0.25) is 0 Å². The molecule has 0 radical (unpaired) electrons. The van der Waals surface area contributed by atoms with Crippen molar-refractivity contribution in [3.8, 4) is 0 Å². The predicted molar refractivity (Wildman–Crippen MR) is 87.0 cm³/mol. The van der Waals surface area contributed by atoms with E-state index in [-0.39, 0.29) is 35.0 Å². The second kappa shape index (κ2) is 6.27. The number of hydrogen-bond acceptors (Lipinski definition) is 6. The van der Waals surface area contributed by atoms with E-state index >= 15 is 0 Å². The Balaban J connectivity index is 2.15. The Bertz CT molecular complexity index is 819. The fourth-order valence-electron chi connectivity index (χ4n) is 3.52. The van der Waals surface area contributed by atoms with E-state index in [1.54, 1.807) is 31.2 Å². The number of carbonyl (C=O) groups excluding carboxylic acids is 4. The number of fused-ring (bicyclic) bond motifs is 1. The molecule has 6 heteroatoms. The van der Waals surface area contributed by atoms with Crippen LogP contribution in [0.5, 0.6) is 0 Å². The molecule has 1 aromatic carbocycles. The molecule has 0 unspecified atom stereocenters. The minimum atomic E-state index is -1.08. The van der Waals surface area contributed by atoms with E-state index in [1.165, 1.54) is 13.8 Å². The molecule has 3 atom stereocenters. The van der Waals surface area contributed by atoms with Gasteiger partial charge in [-0.2, -0.15) is 0 Å². The number of rotatable bonds is 2. The van der Waals surface area contributed by atoms with E-state index in [9.17, 15) is 19.2 Å². The van der Waals surface area contributed by atoms with Crippen molar-refractivity contribution in [1.82, 2.24) is 0 Å². The first-order valence-corrected chi connectivity index (χ1v) is 8.07. The van der Waals surface area contributed by atoms with Crippen molar-refractivity contribution in [1.29, 1.82) is 0 Å². The molecular formula is C19H18O6. The van der Waals surface area contributed by atoms with Crippen LogP contribution in [0.25, 0.3) is 0 Å². The van der Waals surface area contributed by atoms with Crippen LogP contribution in [0, 0.1) is 5.92 Å². The zero-order chi connectivity index (χ0) is 18.3. The van der Waals surface area contributed by atoms with Crippen LogP contribution in [-0.4, -0.2) is 35.7 Å². The molecule has 0 heterocycles. The molecule has 0 saturated heterocycles. The minimum Gasteiger partial charge on any atom is -0.458 e. The first-order chi connectivity index (χ1) is 11.8. The van der Waals surface area contributed by atoms with Crippen molar-refractivity contribution in [3.05, 3.63) is 46.5 Å². The van der Waals surface area contributed by atoms with Crippen molar-refractivity contribution in [2.24, 2.45) is 5.92 Å². The Morgan fingerprint density at radius 3 is 2.08 bits per heavy atom. The largest absolute Gasteiger partial charge is 0.458 e. The fourth-order valence-corrected chi connectivity index (χ4v) is 3.52. The molecular weight excluding hydrogens is 324 g/mol. The average molecular weight is 342 g/mol. The standard InChI is InChI=1S/C19H18O6/c1-9-8-14-15(19(25-11(3)21)18(9)24-10(2)20)17(23)13-7-5-4-6-12(13)16(14)22/h4-7,9,18-19H,8H2,1-3H3/t9-,18+,19-/m0/s1. The number of Topliss-reactive ketones (excluding diaryl/α,β-unsaturated/α-hetero) is 2. The molecule has 0 spiro atoms. The Labute approximate surface area is 144 Å². The number of benzene rings is 1. The van der Waals surface area contributed by atoms with Crippen LogP contribution in [-0.2, 0) is 19.1 Å². The maximum Gasteiger partial charge on any atom is 0.303 e. The van der Waals surface area contributed by atoms with E-state index in [0.717, 1.165) is 0 Å². The summed E-state index contributed by atoms with van der Waals surface area (Å²) in [6, 6.07) is 6.56. The molecule has 6 nitrogen and oxygen atoms in total. The summed E-state index contributed by atoms with van der Waals surface area (Å²) in [7, 11) is 0. The average Bonchev–Trinajstić information content (AvgIpc) is 2.55. The second-order valence-corrected chi connectivity index (χ2v) is 6.38. The molecule has 2 aliphatic rings. The number of carbonyl (C=O) groups is 4. The zero-order valence-corrected chi connectivity index (χ0v) is 14.2. The summed E-state index contributed by atoms with van der Waals surface area (Å²) in [6.07, 6.45) is -1.60. The van der Waals surface area contributed by atoms with Crippen LogP contribution < -0.4 is 0 Å². The summed E-state index contributed by atoms with van der Waals surface area (Å²) in [5, 5.41) is 0. The lowest BCUT2D eigenvalue weighted by Crippen LogP contribution is -2.47. The first kappa shape index (κ1) is 17.1. The molecule has 3 rings (SSSR count). The van der Waals surface area contributed by atoms with Crippen molar-refractivity contribution >= 4 is 23.5 Å². The Hall–Kier alpha value is -2.76. The highest BCUT2D eigenvalue weighted by molar-refractivity contribution is 6.27. The number of allylic oxidation sites excluding steroid dienone is 1. The van der Waals surface area contributed by atoms with E-state index in [2.05, 4.69) is 0 Å². The molecule has 1 aromatic rings. The van der Waals surface area contributed by atoms with Crippen LogP contribution in [0.15, 0.2) is 35.4 Å². The molecule has 0 aromatic heterocycles. The van der Waals surface area contributed by atoms with Crippen LogP contribution >= 0.6 is 0 Å². The van der Waals surface area contributed by atoms with E-state index in [1.807, 2.05) is 0 Å². The zero-order valence-electron chi connectivity index (χ0n) is 14.2. The van der Waals surface area contributed by atoms with Crippen LogP contribution in [0.3, 0.4) is 0 Å². The predicted octanol–water partition coefficient (Wildman–Crippen LogP) is 2.27. The summed E-state index contributed by atoms with van der Waals surface area (Å²) in [5.74, 6) is -2.01. The van der Waals surface area contributed by atoms with Gasteiger partial charge in [0.2, 0.25) is 0 Å². The quantitative estimate of drug-likeness (QED) is 0.766.